The topological polar surface area (TPSA) is 41.8 Å². The summed E-state index contributed by atoms with van der Waals surface area (Å²) in [5.74, 6) is 6.32. The second-order valence-electron chi connectivity index (χ2n) is 8.87. The highest BCUT2D eigenvalue weighted by molar-refractivity contribution is 6.32. The van der Waals surface area contributed by atoms with Gasteiger partial charge in [0.2, 0.25) is 0 Å². The Morgan fingerprint density at radius 2 is 1.49 bits per heavy atom. The summed E-state index contributed by atoms with van der Waals surface area (Å²) in [4.78, 5) is 19.8. The van der Waals surface area contributed by atoms with Crippen molar-refractivity contribution in [3.63, 3.8) is 0 Å². The van der Waals surface area contributed by atoms with Crippen molar-refractivity contribution in [3.8, 4) is 11.8 Å². The zero-order chi connectivity index (χ0) is 33.6. The number of aryl methyl sites for hydroxylation is 4. The molecule has 0 fully saturated rings. The number of allylic oxidation sites excluding steroid dienone is 4. The van der Waals surface area contributed by atoms with Crippen LogP contribution < -0.4 is 0 Å². The van der Waals surface area contributed by atoms with Gasteiger partial charge in [0.1, 0.15) is 0 Å². The molecule has 43 heavy (non-hydrogen) atoms. The van der Waals surface area contributed by atoms with Crippen molar-refractivity contribution in [2.45, 2.75) is 116 Å². The molecule has 1 aliphatic rings. The second-order valence-corrected chi connectivity index (χ2v) is 8.87. The lowest BCUT2D eigenvalue weighted by Crippen LogP contribution is -1.96. The minimum absolute atomic E-state index is 0.0499. The molecule has 3 heteroatoms. The van der Waals surface area contributed by atoms with Crippen LogP contribution in [-0.2, 0) is 6.42 Å². The molecule has 0 N–H and O–H groups in total. The summed E-state index contributed by atoms with van der Waals surface area (Å²) in [7, 11) is 0. The van der Waals surface area contributed by atoms with Crippen LogP contribution >= 0.6 is 0 Å². The van der Waals surface area contributed by atoms with Crippen LogP contribution in [0.15, 0.2) is 82.6 Å². The van der Waals surface area contributed by atoms with E-state index in [1.54, 1.807) is 25.5 Å². The molecule has 0 amide bonds. The fourth-order valence-corrected chi connectivity index (χ4v) is 3.45. The minimum atomic E-state index is 0.0499. The molecule has 236 valence electrons. The van der Waals surface area contributed by atoms with Crippen LogP contribution in [0.4, 0.5) is 0 Å². The second kappa shape index (κ2) is 29.7. The van der Waals surface area contributed by atoms with Gasteiger partial charge in [-0.2, -0.15) is 0 Å². The largest absolute Gasteiger partial charge is 0.295 e. The molecule has 0 aromatic heterocycles. The normalized spacial score (nSPS) is 11.0. The van der Waals surface area contributed by atoms with Gasteiger partial charge in [0.15, 0.2) is 5.78 Å². The fraction of sp³-hybridized carbons (Fsp3) is 0.425. The standard InChI is InChI=1S/C19H18N2O.C10H14.C5H10.3C2H6/c1-4-9-20-13-19-10-16(12-21-19)6-8-17-11-18(15(3)22)7-5-14(17)2;1-4-10-6-8(2)5-9(3)7-10;1-3-5-4-2;3*1-2/h4-5,7,9,11-13H,10H2,1-3H3;5-7H,4H2,1-3H3;3,5H,4H2,1-2H3;3*1-2H3/b9-4-,20-13?;;5-3-;;;. The molecular formula is C40H60N2O. The maximum absolute atomic E-state index is 11.4. The molecule has 2 aromatic rings. The van der Waals surface area contributed by atoms with Crippen molar-refractivity contribution in [1.29, 1.82) is 0 Å². The van der Waals surface area contributed by atoms with Crippen LogP contribution in [0.5, 0.6) is 0 Å². The molecule has 0 saturated heterocycles. The van der Waals surface area contributed by atoms with Crippen molar-refractivity contribution < 1.29 is 4.79 Å². The SMILES string of the molecule is C/C=C\CC.C/C=C\N=CC1=NC=C(C#Cc2cc(C(C)=O)ccc2C)C1.CC.CC.CC.CCc1cc(C)cc(C)c1. The molecule has 1 heterocycles. The molecule has 0 atom stereocenters. The summed E-state index contributed by atoms with van der Waals surface area (Å²) in [6.45, 7) is 28.1. The highest BCUT2D eigenvalue weighted by atomic mass is 16.1. The number of hydrogen-bond donors (Lipinski definition) is 0. The third-order valence-electron chi connectivity index (χ3n) is 5.38. The van der Waals surface area contributed by atoms with E-state index in [9.17, 15) is 4.79 Å². The summed E-state index contributed by atoms with van der Waals surface area (Å²) in [6.07, 6.45) is 14.3. The van der Waals surface area contributed by atoms with Gasteiger partial charge in [-0.15, -0.1) is 0 Å². The Morgan fingerprint density at radius 3 is 1.95 bits per heavy atom. The lowest BCUT2D eigenvalue weighted by Gasteiger charge is -2.00. The van der Waals surface area contributed by atoms with E-state index in [0.717, 1.165) is 35.3 Å². The van der Waals surface area contributed by atoms with Crippen molar-refractivity contribution >= 4 is 17.7 Å². The third-order valence-corrected chi connectivity index (χ3v) is 5.38. The Hall–Kier alpha value is -3.77. The average Bonchev–Trinajstić information content (AvgIpc) is 3.48. The summed E-state index contributed by atoms with van der Waals surface area (Å²) < 4.78 is 0. The third kappa shape index (κ3) is 21.6. The Morgan fingerprint density at radius 1 is 0.884 bits per heavy atom. The molecule has 0 radical (unpaired) electrons. The van der Waals surface area contributed by atoms with Crippen LogP contribution in [0.25, 0.3) is 0 Å². The zero-order valence-corrected chi connectivity index (χ0v) is 29.9. The highest BCUT2D eigenvalue weighted by Gasteiger charge is 2.06. The Kier molecular flexibility index (Phi) is 30.2. The monoisotopic (exact) mass is 584 g/mol. The van der Waals surface area contributed by atoms with E-state index in [-0.39, 0.29) is 5.78 Å². The van der Waals surface area contributed by atoms with Gasteiger partial charge in [0.05, 0.1) is 5.71 Å². The highest BCUT2D eigenvalue weighted by Crippen LogP contribution is 2.13. The molecule has 0 unspecified atom stereocenters. The smallest absolute Gasteiger partial charge is 0.159 e. The zero-order valence-electron chi connectivity index (χ0n) is 29.9. The maximum Gasteiger partial charge on any atom is 0.159 e. The summed E-state index contributed by atoms with van der Waals surface area (Å²) in [5, 5.41) is 0. The van der Waals surface area contributed by atoms with Crippen LogP contribution in [0, 0.1) is 32.6 Å². The lowest BCUT2D eigenvalue weighted by molar-refractivity contribution is 0.101. The number of carbonyl (C=O) groups excluding carboxylic acids is 1. The molecule has 0 saturated carbocycles. The number of rotatable bonds is 5. The maximum atomic E-state index is 11.4. The van der Waals surface area contributed by atoms with E-state index in [1.807, 2.05) is 86.6 Å². The van der Waals surface area contributed by atoms with E-state index in [2.05, 4.69) is 79.9 Å². The van der Waals surface area contributed by atoms with Crippen LogP contribution in [0.1, 0.15) is 127 Å². The predicted molar refractivity (Wildman–Crippen MR) is 196 cm³/mol. The Balaban J connectivity index is -0.000000631. The average molecular weight is 585 g/mol. The molecule has 3 nitrogen and oxygen atoms in total. The Labute approximate surface area is 266 Å². The van der Waals surface area contributed by atoms with Gasteiger partial charge >= 0.3 is 0 Å². The van der Waals surface area contributed by atoms with E-state index in [1.165, 1.54) is 16.7 Å². The van der Waals surface area contributed by atoms with Gasteiger partial charge in [0, 0.05) is 41.7 Å². The molecule has 3 rings (SSSR count). The first-order chi connectivity index (χ1) is 20.7. The quantitative estimate of drug-likeness (QED) is 0.149. The summed E-state index contributed by atoms with van der Waals surface area (Å²) in [5.41, 5.74) is 8.67. The number of ketones is 1. The van der Waals surface area contributed by atoms with Gasteiger partial charge in [-0.05, 0) is 71.6 Å². The first kappa shape index (κ1) is 43.7. The van der Waals surface area contributed by atoms with Crippen LogP contribution in [-0.4, -0.2) is 17.7 Å². The first-order valence-corrected chi connectivity index (χ1v) is 16.0. The lowest BCUT2D eigenvalue weighted by atomic mass is 10.0. The number of carbonyl (C=O) groups is 1. The van der Waals surface area contributed by atoms with Crippen molar-refractivity contribution in [1.82, 2.24) is 0 Å². The van der Waals surface area contributed by atoms with Crippen molar-refractivity contribution in [2.75, 3.05) is 0 Å². The summed E-state index contributed by atoms with van der Waals surface area (Å²) >= 11 is 0. The van der Waals surface area contributed by atoms with Crippen LogP contribution in [0.2, 0.25) is 0 Å². The van der Waals surface area contributed by atoms with E-state index < -0.39 is 0 Å². The van der Waals surface area contributed by atoms with E-state index in [0.29, 0.717) is 12.0 Å². The number of hydrogen-bond acceptors (Lipinski definition) is 3. The van der Waals surface area contributed by atoms with Gasteiger partial charge in [-0.3, -0.25) is 14.8 Å². The van der Waals surface area contributed by atoms with Gasteiger partial charge < -0.3 is 0 Å². The Bertz CT molecular complexity index is 1220. The number of aliphatic imine (C=N–C) groups is 2. The fourth-order valence-electron chi connectivity index (χ4n) is 3.45. The van der Waals surface area contributed by atoms with E-state index in [4.69, 9.17) is 0 Å². The van der Waals surface area contributed by atoms with E-state index >= 15 is 0 Å². The van der Waals surface area contributed by atoms with Gasteiger partial charge in [-0.25, -0.2) is 0 Å². The molecule has 2 aromatic carbocycles. The molecule has 0 aliphatic carbocycles. The minimum Gasteiger partial charge on any atom is -0.295 e. The number of Topliss-reactive ketones (excluding diaryl/α,β-unsaturated/α-hetero) is 1. The molecule has 0 spiro atoms. The van der Waals surface area contributed by atoms with Gasteiger partial charge in [0.25, 0.3) is 0 Å². The molecule has 1 aliphatic heterocycles. The van der Waals surface area contributed by atoms with Crippen molar-refractivity contribution in [3.05, 3.63) is 106 Å². The van der Waals surface area contributed by atoms with Crippen molar-refractivity contribution in [2.24, 2.45) is 9.98 Å². The molecular weight excluding hydrogens is 524 g/mol. The number of benzene rings is 2. The summed E-state index contributed by atoms with van der Waals surface area (Å²) in [6, 6.07) is 12.3. The number of nitrogens with zero attached hydrogens (tertiary/aromatic N) is 2. The first-order valence-electron chi connectivity index (χ1n) is 16.0. The van der Waals surface area contributed by atoms with Gasteiger partial charge in [-0.1, -0.05) is 127 Å². The van der Waals surface area contributed by atoms with Crippen LogP contribution in [0.3, 0.4) is 0 Å². The predicted octanol–water partition coefficient (Wildman–Crippen LogP) is 11.8. The molecule has 0 bridgehead atoms.